The highest BCUT2D eigenvalue weighted by molar-refractivity contribution is 5.80. The Morgan fingerprint density at radius 2 is 1.84 bits per heavy atom. The van der Waals surface area contributed by atoms with Gasteiger partial charge in [0.1, 0.15) is 5.82 Å². The smallest absolute Gasteiger partial charge is 0.227 e. The number of halogens is 1. The van der Waals surface area contributed by atoms with E-state index in [9.17, 15) is 9.18 Å². The van der Waals surface area contributed by atoms with E-state index in [4.69, 9.17) is 4.74 Å². The van der Waals surface area contributed by atoms with Crippen molar-refractivity contribution in [3.63, 3.8) is 0 Å². The molecule has 0 N–H and O–H groups in total. The maximum absolute atomic E-state index is 13.2. The lowest BCUT2D eigenvalue weighted by atomic mass is 9.71. The molecule has 4 rings (SSSR count). The van der Waals surface area contributed by atoms with Crippen molar-refractivity contribution in [1.29, 1.82) is 0 Å². The Hall–Kier alpha value is -1.46. The van der Waals surface area contributed by atoms with Gasteiger partial charge < -0.3 is 9.64 Å². The van der Waals surface area contributed by atoms with E-state index in [2.05, 4.69) is 9.80 Å². The zero-order valence-electron chi connectivity index (χ0n) is 14.8. The van der Waals surface area contributed by atoms with Crippen LogP contribution in [0.25, 0.3) is 0 Å². The standard InChI is InChI=1S/C20H27FN2O2/c21-17-5-3-16(4-6-17)13-22-14-18(19(24)23-9-1-2-10-23)20(15-22)7-11-25-12-8-20/h3-6,18H,1-2,7-15H2. The Labute approximate surface area is 148 Å². The third kappa shape index (κ3) is 3.44. The number of carbonyl (C=O) groups excluding carboxylic acids is 1. The summed E-state index contributed by atoms with van der Waals surface area (Å²) in [6, 6.07) is 6.73. The predicted octanol–water partition coefficient (Wildman–Crippen LogP) is 2.68. The number of carbonyl (C=O) groups is 1. The van der Waals surface area contributed by atoms with Gasteiger partial charge in [-0.1, -0.05) is 12.1 Å². The molecule has 1 aromatic carbocycles. The summed E-state index contributed by atoms with van der Waals surface area (Å²) in [7, 11) is 0. The summed E-state index contributed by atoms with van der Waals surface area (Å²) in [6.07, 6.45) is 4.20. The van der Waals surface area contributed by atoms with Crippen LogP contribution in [0.3, 0.4) is 0 Å². The summed E-state index contributed by atoms with van der Waals surface area (Å²) in [5.41, 5.74) is 1.16. The highest BCUT2D eigenvalue weighted by atomic mass is 19.1. The molecule has 0 bridgehead atoms. The average Bonchev–Trinajstić information content (AvgIpc) is 3.26. The van der Waals surface area contributed by atoms with Crippen molar-refractivity contribution in [2.24, 2.45) is 11.3 Å². The molecule has 4 nitrogen and oxygen atoms in total. The topological polar surface area (TPSA) is 32.8 Å². The second kappa shape index (κ2) is 7.04. The lowest BCUT2D eigenvalue weighted by molar-refractivity contribution is -0.139. The minimum Gasteiger partial charge on any atom is -0.381 e. The van der Waals surface area contributed by atoms with Crippen LogP contribution in [-0.4, -0.2) is 55.1 Å². The maximum Gasteiger partial charge on any atom is 0.227 e. The van der Waals surface area contributed by atoms with Gasteiger partial charge in [0.15, 0.2) is 0 Å². The predicted molar refractivity (Wildman–Crippen MR) is 93.5 cm³/mol. The third-order valence-electron chi connectivity index (χ3n) is 6.24. The molecule has 1 atom stereocenters. The first kappa shape index (κ1) is 17.0. The molecular formula is C20H27FN2O2. The van der Waals surface area contributed by atoms with Gasteiger partial charge in [-0.15, -0.1) is 0 Å². The van der Waals surface area contributed by atoms with Gasteiger partial charge in [0, 0.05) is 51.4 Å². The molecular weight excluding hydrogens is 319 g/mol. The first-order chi connectivity index (χ1) is 12.2. The van der Waals surface area contributed by atoms with Gasteiger partial charge >= 0.3 is 0 Å². The Balaban J connectivity index is 1.51. The van der Waals surface area contributed by atoms with Crippen LogP contribution in [0.15, 0.2) is 24.3 Å². The monoisotopic (exact) mass is 346 g/mol. The van der Waals surface area contributed by atoms with Crippen LogP contribution in [0.5, 0.6) is 0 Å². The van der Waals surface area contributed by atoms with Crippen molar-refractivity contribution in [2.45, 2.75) is 32.2 Å². The molecule has 1 spiro atoms. The fourth-order valence-electron chi connectivity index (χ4n) is 4.82. The molecule has 3 heterocycles. The van der Waals surface area contributed by atoms with Gasteiger partial charge in [-0.2, -0.15) is 0 Å². The molecule has 3 aliphatic rings. The zero-order valence-corrected chi connectivity index (χ0v) is 14.8. The summed E-state index contributed by atoms with van der Waals surface area (Å²) >= 11 is 0. The van der Waals surface area contributed by atoms with Gasteiger partial charge in [-0.25, -0.2) is 4.39 Å². The summed E-state index contributed by atoms with van der Waals surface area (Å²) in [5.74, 6) is 0.226. The van der Waals surface area contributed by atoms with E-state index in [1.807, 2.05) is 12.1 Å². The minimum atomic E-state index is -0.201. The molecule has 3 aliphatic heterocycles. The molecule has 1 amide bonds. The summed E-state index contributed by atoms with van der Waals surface area (Å²) in [4.78, 5) is 17.6. The van der Waals surface area contributed by atoms with Crippen LogP contribution < -0.4 is 0 Å². The maximum atomic E-state index is 13.2. The van der Waals surface area contributed by atoms with Gasteiger partial charge in [0.25, 0.3) is 0 Å². The number of amides is 1. The fourth-order valence-corrected chi connectivity index (χ4v) is 4.82. The highest BCUT2D eigenvalue weighted by Crippen LogP contribution is 2.45. The lowest BCUT2D eigenvalue weighted by Gasteiger charge is -2.38. The quantitative estimate of drug-likeness (QED) is 0.844. The number of nitrogens with zero attached hydrogens (tertiary/aromatic N) is 2. The minimum absolute atomic E-state index is 0.0535. The van der Waals surface area contributed by atoms with Crippen molar-refractivity contribution in [2.75, 3.05) is 39.4 Å². The van der Waals surface area contributed by atoms with Gasteiger partial charge in [-0.05, 0) is 43.4 Å². The SMILES string of the molecule is O=C(C1CN(Cc2ccc(F)cc2)CC12CCOCC2)N1CCCC1. The van der Waals surface area contributed by atoms with Crippen molar-refractivity contribution in [3.05, 3.63) is 35.6 Å². The van der Waals surface area contributed by atoms with Gasteiger partial charge in [0.2, 0.25) is 5.91 Å². The van der Waals surface area contributed by atoms with Crippen molar-refractivity contribution < 1.29 is 13.9 Å². The Morgan fingerprint density at radius 1 is 1.16 bits per heavy atom. The fraction of sp³-hybridized carbons (Fsp3) is 0.650. The van der Waals surface area contributed by atoms with E-state index in [1.165, 1.54) is 12.1 Å². The van der Waals surface area contributed by atoms with Gasteiger partial charge in [-0.3, -0.25) is 9.69 Å². The molecule has 3 saturated heterocycles. The Kier molecular flexibility index (Phi) is 4.78. The zero-order chi connectivity index (χ0) is 17.3. The lowest BCUT2D eigenvalue weighted by Crippen LogP contribution is -2.45. The number of hydrogen-bond acceptors (Lipinski definition) is 3. The normalized spacial score (nSPS) is 26.4. The van der Waals surface area contributed by atoms with Crippen molar-refractivity contribution in [3.8, 4) is 0 Å². The van der Waals surface area contributed by atoms with E-state index in [0.29, 0.717) is 5.91 Å². The van der Waals surface area contributed by atoms with Crippen LogP contribution in [0.4, 0.5) is 4.39 Å². The molecule has 0 aromatic heterocycles. The van der Waals surface area contributed by atoms with Crippen LogP contribution in [0.2, 0.25) is 0 Å². The highest BCUT2D eigenvalue weighted by Gasteiger charge is 2.51. The molecule has 3 fully saturated rings. The molecule has 0 radical (unpaired) electrons. The largest absolute Gasteiger partial charge is 0.381 e. The second-order valence-corrected chi connectivity index (χ2v) is 7.86. The van der Waals surface area contributed by atoms with Crippen LogP contribution in [0, 0.1) is 17.2 Å². The number of benzene rings is 1. The molecule has 1 unspecified atom stereocenters. The second-order valence-electron chi connectivity index (χ2n) is 7.86. The van der Waals surface area contributed by atoms with E-state index >= 15 is 0 Å². The summed E-state index contributed by atoms with van der Waals surface area (Å²) in [6.45, 7) is 5.89. The van der Waals surface area contributed by atoms with Crippen LogP contribution >= 0.6 is 0 Å². The van der Waals surface area contributed by atoms with E-state index in [0.717, 1.165) is 77.2 Å². The Morgan fingerprint density at radius 3 is 2.52 bits per heavy atom. The molecule has 1 aromatic rings. The first-order valence-electron chi connectivity index (χ1n) is 9.50. The van der Waals surface area contributed by atoms with E-state index < -0.39 is 0 Å². The van der Waals surface area contributed by atoms with Gasteiger partial charge in [0.05, 0.1) is 5.92 Å². The number of likely N-dealkylation sites (tertiary alicyclic amines) is 2. The first-order valence-corrected chi connectivity index (χ1v) is 9.50. The average molecular weight is 346 g/mol. The summed E-state index contributed by atoms with van der Waals surface area (Å²) < 4.78 is 18.7. The van der Waals surface area contributed by atoms with Crippen molar-refractivity contribution >= 4 is 5.91 Å². The van der Waals surface area contributed by atoms with Crippen LogP contribution in [-0.2, 0) is 16.1 Å². The molecule has 0 aliphatic carbocycles. The number of ether oxygens (including phenoxy) is 1. The van der Waals surface area contributed by atoms with Crippen LogP contribution in [0.1, 0.15) is 31.2 Å². The molecule has 0 saturated carbocycles. The van der Waals surface area contributed by atoms with Crippen molar-refractivity contribution in [1.82, 2.24) is 9.80 Å². The molecule has 136 valence electrons. The number of rotatable bonds is 3. The Bertz CT molecular complexity index is 607. The summed E-state index contributed by atoms with van der Waals surface area (Å²) in [5, 5.41) is 0. The van der Waals surface area contributed by atoms with E-state index in [1.54, 1.807) is 0 Å². The third-order valence-corrected chi connectivity index (χ3v) is 6.24. The van der Waals surface area contributed by atoms with E-state index in [-0.39, 0.29) is 17.2 Å². The number of hydrogen-bond donors (Lipinski definition) is 0. The molecule has 25 heavy (non-hydrogen) atoms. The molecule has 5 heteroatoms.